The average molecular weight is 363 g/mol. The van der Waals surface area contributed by atoms with Crippen LogP contribution in [0.1, 0.15) is 43.1 Å². The third-order valence-electron chi connectivity index (χ3n) is 5.42. The maximum Gasteiger partial charge on any atom is 0.251 e. The van der Waals surface area contributed by atoms with Gasteiger partial charge in [0.1, 0.15) is 6.04 Å². The molecule has 1 fully saturated rings. The van der Waals surface area contributed by atoms with Crippen LogP contribution in [0.4, 0.5) is 11.4 Å². The van der Waals surface area contributed by atoms with Gasteiger partial charge < -0.3 is 15.5 Å². The van der Waals surface area contributed by atoms with Crippen molar-refractivity contribution in [3.63, 3.8) is 0 Å². The van der Waals surface area contributed by atoms with E-state index < -0.39 is 0 Å². The van der Waals surface area contributed by atoms with Crippen LogP contribution in [0.5, 0.6) is 0 Å². The monoisotopic (exact) mass is 363 g/mol. The van der Waals surface area contributed by atoms with Crippen LogP contribution in [0, 0.1) is 0 Å². The van der Waals surface area contributed by atoms with E-state index in [2.05, 4.69) is 36.3 Å². The molecule has 2 aliphatic rings. The van der Waals surface area contributed by atoms with E-state index in [0.29, 0.717) is 18.5 Å². The van der Waals surface area contributed by atoms with Crippen molar-refractivity contribution in [2.75, 3.05) is 16.8 Å². The number of nitrogens with zero attached hydrogens (tertiary/aromatic N) is 1. The minimum atomic E-state index is -0.228. The Morgan fingerprint density at radius 2 is 1.81 bits per heavy atom. The molecule has 0 aliphatic carbocycles. The predicted octanol–water partition coefficient (Wildman–Crippen LogP) is 3.31. The molecule has 140 valence electrons. The van der Waals surface area contributed by atoms with Gasteiger partial charge in [-0.2, -0.15) is 0 Å². The molecule has 1 saturated heterocycles. The summed E-state index contributed by atoms with van der Waals surface area (Å²) in [4.78, 5) is 27.2. The van der Waals surface area contributed by atoms with Crippen LogP contribution >= 0.6 is 0 Å². The molecular weight excluding hydrogens is 338 g/mol. The maximum atomic E-state index is 12.7. The second kappa shape index (κ2) is 6.41. The highest BCUT2D eigenvalue weighted by Crippen LogP contribution is 2.36. The molecule has 2 aromatic carbocycles. The second-order valence-electron chi connectivity index (χ2n) is 8.41. The fourth-order valence-electron chi connectivity index (χ4n) is 3.89. The first kappa shape index (κ1) is 17.6. The van der Waals surface area contributed by atoms with Crippen molar-refractivity contribution >= 4 is 23.2 Å². The molecule has 0 saturated carbocycles. The van der Waals surface area contributed by atoms with E-state index >= 15 is 0 Å². The Morgan fingerprint density at radius 1 is 1.11 bits per heavy atom. The van der Waals surface area contributed by atoms with Crippen LogP contribution in [-0.4, -0.2) is 30.4 Å². The summed E-state index contributed by atoms with van der Waals surface area (Å²) >= 11 is 0. The Labute approximate surface area is 159 Å². The molecule has 4 rings (SSSR count). The lowest BCUT2D eigenvalue weighted by Crippen LogP contribution is -2.44. The number of carbonyl (C=O) groups excluding carboxylic acids is 2. The van der Waals surface area contributed by atoms with Crippen LogP contribution < -0.4 is 15.5 Å². The van der Waals surface area contributed by atoms with Crippen LogP contribution in [0.2, 0.25) is 0 Å². The van der Waals surface area contributed by atoms with Crippen LogP contribution in [0.15, 0.2) is 48.5 Å². The Morgan fingerprint density at radius 3 is 2.52 bits per heavy atom. The molecule has 2 aliphatic heterocycles. The molecule has 2 atom stereocenters. The summed E-state index contributed by atoms with van der Waals surface area (Å²) in [5, 5.41) is 6.06. The highest BCUT2D eigenvalue weighted by atomic mass is 16.2. The second-order valence-corrected chi connectivity index (χ2v) is 8.41. The van der Waals surface area contributed by atoms with E-state index in [4.69, 9.17) is 0 Å². The minimum Gasteiger partial charge on any atom is -0.356 e. The number of fused-ring (bicyclic) bond motifs is 3. The third-order valence-corrected chi connectivity index (χ3v) is 5.42. The van der Waals surface area contributed by atoms with Gasteiger partial charge in [-0.15, -0.1) is 0 Å². The molecular formula is C22H25N3O2. The molecule has 0 bridgehead atoms. The van der Waals surface area contributed by atoms with Crippen molar-refractivity contribution in [3.05, 3.63) is 59.7 Å². The number of hydrogen-bond acceptors (Lipinski definition) is 3. The number of anilines is 2. The minimum absolute atomic E-state index is 0.0000194. The van der Waals surface area contributed by atoms with Gasteiger partial charge in [0.15, 0.2) is 0 Å². The molecule has 5 nitrogen and oxygen atoms in total. The lowest BCUT2D eigenvalue weighted by Gasteiger charge is -2.32. The maximum absolute atomic E-state index is 12.7. The molecule has 2 heterocycles. The average Bonchev–Trinajstić information content (AvgIpc) is 3.06. The summed E-state index contributed by atoms with van der Waals surface area (Å²) in [5.41, 5.74) is 3.77. The Kier molecular flexibility index (Phi) is 4.17. The van der Waals surface area contributed by atoms with Crippen LogP contribution in [0.25, 0.3) is 0 Å². The molecule has 2 unspecified atom stereocenters. The number of amides is 2. The van der Waals surface area contributed by atoms with Crippen LogP contribution in [-0.2, 0) is 10.2 Å². The quantitative estimate of drug-likeness (QED) is 0.860. The Hall–Kier alpha value is -2.82. The van der Waals surface area contributed by atoms with Crippen molar-refractivity contribution in [2.45, 2.75) is 44.7 Å². The molecule has 0 radical (unpaired) electrons. The largest absolute Gasteiger partial charge is 0.356 e. The van der Waals surface area contributed by atoms with Gasteiger partial charge in [-0.3, -0.25) is 9.59 Å². The molecule has 27 heavy (non-hydrogen) atoms. The Balaban J connectivity index is 1.47. The van der Waals surface area contributed by atoms with Gasteiger partial charge in [-0.1, -0.05) is 45.0 Å². The number of benzene rings is 2. The highest BCUT2D eigenvalue weighted by molar-refractivity contribution is 6.04. The summed E-state index contributed by atoms with van der Waals surface area (Å²) in [6.07, 6.45) is 0.617. The first-order valence-corrected chi connectivity index (χ1v) is 9.41. The predicted molar refractivity (Wildman–Crippen MR) is 107 cm³/mol. The third kappa shape index (κ3) is 3.29. The Bertz CT molecular complexity index is 883. The van der Waals surface area contributed by atoms with Crippen molar-refractivity contribution < 1.29 is 9.59 Å². The lowest BCUT2D eigenvalue weighted by atomic mass is 9.86. The summed E-state index contributed by atoms with van der Waals surface area (Å²) in [7, 11) is 0. The van der Waals surface area contributed by atoms with E-state index in [1.165, 1.54) is 5.56 Å². The summed E-state index contributed by atoms with van der Waals surface area (Å²) in [6.45, 7) is 7.10. The molecule has 0 aromatic heterocycles. The van der Waals surface area contributed by atoms with E-state index in [1.54, 1.807) is 0 Å². The van der Waals surface area contributed by atoms with Gasteiger partial charge >= 0.3 is 0 Å². The SMILES string of the molecule is CC(C)(C)c1ccc(C(=O)NC2CC3C(=O)Nc4ccccc4N3C2)cc1. The molecule has 2 amide bonds. The number of rotatable bonds is 2. The zero-order valence-electron chi connectivity index (χ0n) is 16.0. The van der Waals surface area contributed by atoms with E-state index in [1.807, 2.05) is 48.5 Å². The number of hydrogen-bond donors (Lipinski definition) is 2. The zero-order chi connectivity index (χ0) is 19.2. The van der Waals surface area contributed by atoms with Gasteiger partial charge in [0.25, 0.3) is 5.91 Å². The van der Waals surface area contributed by atoms with Crippen LogP contribution in [0.3, 0.4) is 0 Å². The highest BCUT2D eigenvalue weighted by Gasteiger charge is 2.41. The molecule has 0 spiro atoms. The first-order valence-electron chi connectivity index (χ1n) is 9.41. The first-order chi connectivity index (χ1) is 12.8. The van der Waals surface area contributed by atoms with Gasteiger partial charge in [0.2, 0.25) is 5.91 Å². The normalized spacial score (nSPS) is 21.3. The molecule has 2 aromatic rings. The smallest absolute Gasteiger partial charge is 0.251 e. The van der Waals surface area contributed by atoms with Gasteiger partial charge in [-0.05, 0) is 41.7 Å². The van der Waals surface area contributed by atoms with Crippen molar-refractivity contribution in [3.8, 4) is 0 Å². The topological polar surface area (TPSA) is 61.4 Å². The fraction of sp³-hybridized carbons (Fsp3) is 0.364. The summed E-state index contributed by atoms with van der Waals surface area (Å²) in [5.74, 6) is -0.0889. The van der Waals surface area contributed by atoms with Gasteiger partial charge in [0.05, 0.1) is 11.4 Å². The number of para-hydroxylation sites is 2. The fourth-order valence-corrected chi connectivity index (χ4v) is 3.89. The van der Waals surface area contributed by atoms with Gasteiger partial charge in [-0.25, -0.2) is 0 Å². The van der Waals surface area contributed by atoms with Crippen molar-refractivity contribution in [2.24, 2.45) is 0 Å². The lowest BCUT2D eigenvalue weighted by molar-refractivity contribution is -0.117. The van der Waals surface area contributed by atoms with E-state index in [-0.39, 0.29) is 29.3 Å². The summed E-state index contributed by atoms with van der Waals surface area (Å²) in [6, 6.07) is 15.3. The van der Waals surface area contributed by atoms with E-state index in [0.717, 1.165) is 11.4 Å². The number of nitrogens with one attached hydrogen (secondary N) is 2. The molecule has 2 N–H and O–H groups in total. The number of carbonyl (C=O) groups is 2. The van der Waals surface area contributed by atoms with Crippen molar-refractivity contribution in [1.29, 1.82) is 0 Å². The van der Waals surface area contributed by atoms with Crippen molar-refractivity contribution in [1.82, 2.24) is 5.32 Å². The summed E-state index contributed by atoms with van der Waals surface area (Å²) < 4.78 is 0. The standard InChI is InChI=1S/C22H25N3O2/c1-22(2,3)15-10-8-14(9-11-15)20(26)23-16-12-19-21(27)24-17-6-4-5-7-18(17)25(19)13-16/h4-11,16,19H,12-13H2,1-3H3,(H,23,26)(H,24,27). The van der Waals surface area contributed by atoms with E-state index in [9.17, 15) is 9.59 Å². The zero-order valence-corrected chi connectivity index (χ0v) is 16.0. The molecule has 5 heteroatoms. The van der Waals surface area contributed by atoms with Gasteiger partial charge in [0, 0.05) is 18.2 Å².